The number of benzene rings is 1. The van der Waals surface area contributed by atoms with E-state index in [1.807, 2.05) is 23.5 Å². The molecule has 2 atom stereocenters. The molecule has 1 aliphatic heterocycles. The molecule has 2 heterocycles. The van der Waals surface area contributed by atoms with E-state index in [0.29, 0.717) is 0 Å². The van der Waals surface area contributed by atoms with Gasteiger partial charge in [0.2, 0.25) is 0 Å². The summed E-state index contributed by atoms with van der Waals surface area (Å²) in [4.78, 5) is 23.6. The van der Waals surface area contributed by atoms with Crippen molar-refractivity contribution in [3.63, 3.8) is 0 Å². The SMILES string of the molecule is Clc1ccccc1CN1CCc2sccc2C1.O=C(O)C(O)C(O)C(=O)O. The molecule has 27 heavy (non-hydrogen) atoms. The first-order chi connectivity index (χ1) is 12.8. The van der Waals surface area contributed by atoms with E-state index in [0.717, 1.165) is 24.7 Å². The fourth-order valence-corrected chi connectivity index (χ4v) is 3.66. The van der Waals surface area contributed by atoms with E-state index in [2.05, 4.69) is 28.5 Å². The van der Waals surface area contributed by atoms with Crippen molar-refractivity contribution in [1.82, 2.24) is 4.90 Å². The number of rotatable bonds is 5. The molecular formula is C18H20ClNO6S. The molecule has 0 saturated carbocycles. The second-order valence-electron chi connectivity index (χ2n) is 5.99. The van der Waals surface area contributed by atoms with Gasteiger partial charge >= 0.3 is 11.9 Å². The van der Waals surface area contributed by atoms with Crippen LogP contribution in [0.4, 0.5) is 0 Å². The number of nitrogens with zero attached hydrogens (tertiary/aromatic N) is 1. The van der Waals surface area contributed by atoms with Crippen LogP contribution in [-0.2, 0) is 29.1 Å². The lowest BCUT2D eigenvalue weighted by Gasteiger charge is -2.27. The van der Waals surface area contributed by atoms with Gasteiger partial charge in [0.25, 0.3) is 0 Å². The van der Waals surface area contributed by atoms with Crippen molar-refractivity contribution in [2.75, 3.05) is 6.54 Å². The summed E-state index contributed by atoms with van der Waals surface area (Å²) >= 11 is 8.08. The van der Waals surface area contributed by atoms with E-state index in [-0.39, 0.29) is 0 Å². The number of hydrogen-bond acceptors (Lipinski definition) is 6. The topological polar surface area (TPSA) is 118 Å². The maximum absolute atomic E-state index is 9.77. The number of hydrogen-bond donors (Lipinski definition) is 4. The number of carboxylic acid groups (broad SMARTS) is 2. The standard InChI is InChI=1S/C14H14ClNS.C4H6O6/c15-13-4-2-1-3-11(13)9-16-7-5-14-12(10-16)6-8-17-14;5-1(3(7)8)2(6)4(9)10/h1-4,6,8H,5,7,9-10H2;1-2,5-6H,(H,7,8)(H,9,10). The zero-order valence-electron chi connectivity index (χ0n) is 14.3. The van der Waals surface area contributed by atoms with Gasteiger partial charge in [0.15, 0.2) is 12.2 Å². The van der Waals surface area contributed by atoms with Gasteiger partial charge in [-0.25, -0.2) is 9.59 Å². The van der Waals surface area contributed by atoms with Crippen LogP contribution in [-0.4, -0.2) is 56.0 Å². The molecule has 146 valence electrons. The van der Waals surface area contributed by atoms with E-state index in [4.69, 9.17) is 32.0 Å². The summed E-state index contributed by atoms with van der Waals surface area (Å²) in [5, 5.41) is 35.6. The van der Waals surface area contributed by atoms with Crippen molar-refractivity contribution in [2.45, 2.75) is 31.7 Å². The molecule has 0 radical (unpaired) electrons. The first kappa shape index (κ1) is 21.3. The molecule has 4 N–H and O–H groups in total. The molecule has 0 bridgehead atoms. The van der Waals surface area contributed by atoms with Crippen molar-refractivity contribution in [3.05, 3.63) is 56.7 Å². The summed E-state index contributed by atoms with van der Waals surface area (Å²) in [6.07, 6.45) is -3.35. The van der Waals surface area contributed by atoms with Gasteiger partial charge in [-0.15, -0.1) is 11.3 Å². The predicted molar refractivity (Wildman–Crippen MR) is 101 cm³/mol. The average Bonchev–Trinajstić information content (AvgIpc) is 3.10. The van der Waals surface area contributed by atoms with Gasteiger partial charge in [0, 0.05) is 29.5 Å². The van der Waals surface area contributed by atoms with Crippen molar-refractivity contribution < 1.29 is 30.0 Å². The normalized spacial score (nSPS) is 15.8. The summed E-state index contributed by atoms with van der Waals surface area (Å²) in [6.45, 7) is 3.15. The zero-order chi connectivity index (χ0) is 20.0. The predicted octanol–water partition coefficient (Wildman–Crippen LogP) is 1.84. The minimum Gasteiger partial charge on any atom is -0.479 e. The smallest absolute Gasteiger partial charge is 0.335 e. The number of thiophene rings is 1. The van der Waals surface area contributed by atoms with Gasteiger partial charge in [-0.2, -0.15) is 0 Å². The van der Waals surface area contributed by atoms with Crippen molar-refractivity contribution in [3.8, 4) is 0 Å². The Morgan fingerprint density at radius 2 is 1.74 bits per heavy atom. The fourth-order valence-electron chi connectivity index (χ4n) is 2.58. The fraction of sp³-hybridized carbons (Fsp3) is 0.333. The molecule has 0 spiro atoms. The lowest BCUT2D eigenvalue weighted by molar-refractivity contribution is -0.165. The first-order valence-electron chi connectivity index (χ1n) is 8.12. The third kappa shape index (κ3) is 6.02. The molecule has 9 heteroatoms. The van der Waals surface area contributed by atoms with E-state index in [1.165, 1.54) is 17.5 Å². The van der Waals surface area contributed by atoms with Gasteiger partial charge in [-0.1, -0.05) is 29.8 Å². The zero-order valence-corrected chi connectivity index (χ0v) is 15.9. The third-order valence-corrected chi connectivity index (χ3v) is 5.44. The molecule has 1 aliphatic rings. The van der Waals surface area contributed by atoms with Crippen LogP contribution in [0.3, 0.4) is 0 Å². The van der Waals surface area contributed by atoms with Gasteiger partial charge in [0.1, 0.15) is 0 Å². The Bertz CT molecular complexity index is 778. The van der Waals surface area contributed by atoms with Crippen LogP contribution in [0, 0.1) is 0 Å². The minimum atomic E-state index is -2.27. The molecule has 1 aromatic heterocycles. The van der Waals surface area contributed by atoms with Crippen LogP contribution >= 0.6 is 22.9 Å². The molecule has 1 aromatic carbocycles. The molecule has 3 rings (SSSR count). The average molecular weight is 414 g/mol. The molecule has 0 aliphatic carbocycles. The molecule has 2 unspecified atom stereocenters. The Hall–Kier alpha value is -1.97. The highest BCUT2D eigenvalue weighted by atomic mass is 35.5. The summed E-state index contributed by atoms with van der Waals surface area (Å²) in [7, 11) is 0. The van der Waals surface area contributed by atoms with E-state index in [9.17, 15) is 9.59 Å². The maximum Gasteiger partial charge on any atom is 0.335 e. The number of aliphatic hydroxyl groups excluding tert-OH is 2. The molecule has 2 aromatic rings. The minimum absolute atomic E-state index is 0.878. The number of fused-ring (bicyclic) bond motifs is 1. The van der Waals surface area contributed by atoms with E-state index in [1.54, 1.807) is 4.88 Å². The quantitative estimate of drug-likeness (QED) is 0.590. The van der Waals surface area contributed by atoms with Crippen LogP contribution in [0.1, 0.15) is 16.0 Å². The molecule has 0 fully saturated rings. The number of aliphatic hydroxyl groups is 2. The van der Waals surface area contributed by atoms with Gasteiger partial charge < -0.3 is 20.4 Å². The number of carboxylic acids is 2. The summed E-state index contributed by atoms with van der Waals surface area (Å²) in [5.41, 5.74) is 2.72. The number of carbonyl (C=O) groups is 2. The summed E-state index contributed by atoms with van der Waals surface area (Å²) < 4.78 is 0. The number of halogens is 1. The molecule has 7 nitrogen and oxygen atoms in total. The third-order valence-electron chi connectivity index (χ3n) is 4.04. The Kier molecular flexibility index (Phi) is 7.76. The van der Waals surface area contributed by atoms with Crippen LogP contribution in [0.15, 0.2) is 35.7 Å². The summed E-state index contributed by atoms with van der Waals surface area (Å²) in [5.74, 6) is -3.54. The molecule has 0 saturated heterocycles. The highest BCUT2D eigenvalue weighted by molar-refractivity contribution is 7.10. The molecule has 0 amide bonds. The van der Waals surface area contributed by atoms with E-state index >= 15 is 0 Å². The van der Waals surface area contributed by atoms with Gasteiger partial charge in [-0.05, 0) is 35.1 Å². The van der Waals surface area contributed by atoms with Crippen LogP contribution in [0.5, 0.6) is 0 Å². The molecular weight excluding hydrogens is 394 g/mol. The highest BCUT2D eigenvalue weighted by Gasteiger charge is 2.29. The maximum atomic E-state index is 9.77. The Labute approximate surface area is 165 Å². The Morgan fingerprint density at radius 3 is 2.33 bits per heavy atom. The summed E-state index contributed by atoms with van der Waals surface area (Å²) in [6, 6.07) is 10.4. The van der Waals surface area contributed by atoms with Gasteiger partial charge in [0.05, 0.1) is 0 Å². The van der Waals surface area contributed by atoms with Crippen molar-refractivity contribution in [2.24, 2.45) is 0 Å². The lowest BCUT2D eigenvalue weighted by atomic mass is 10.1. The van der Waals surface area contributed by atoms with Gasteiger partial charge in [-0.3, -0.25) is 4.90 Å². The Morgan fingerprint density at radius 1 is 1.11 bits per heavy atom. The number of aliphatic carboxylic acids is 2. The largest absolute Gasteiger partial charge is 0.479 e. The second-order valence-corrected chi connectivity index (χ2v) is 7.40. The highest BCUT2D eigenvalue weighted by Crippen LogP contribution is 2.26. The first-order valence-corrected chi connectivity index (χ1v) is 9.38. The Balaban J connectivity index is 0.000000227. The van der Waals surface area contributed by atoms with E-state index < -0.39 is 24.1 Å². The second kappa shape index (κ2) is 9.82. The van der Waals surface area contributed by atoms with Crippen LogP contribution < -0.4 is 0 Å². The van der Waals surface area contributed by atoms with Crippen molar-refractivity contribution in [1.29, 1.82) is 0 Å². The van der Waals surface area contributed by atoms with Crippen molar-refractivity contribution >= 4 is 34.9 Å². The lowest BCUT2D eigenvalue weighted by Crippen LogP contribution is -2.39. The van der Waals surface area contributed by atoms with Crippen LogP contribution in [0.2, 0.25) is 5.02 Å². The van der Waals surface area contributed by atoms with Crippen LogP contribution in [0.25, 0.3) is 0 Å². The monoisotopic (exact) mass is 413 g/mol.